The van der Waals surface area contributed by atoms with Crippen molar-refractivity contribution in [3.8, 4) is 5.69 Å². The molecule has 0 spiro atoms. The monoisotopic (exact) mass is 543 g/mol. The Labute approximate surface area is 231 Å². The van der Waals surface area contributed by atoms with Gasteiger partial charge in [0.15, 0.2) is 0 Å². The van der Waals surface area contributed by atoms with E-state index < -0.39 is 0 Å². The Morgan fingerprint density at radius 2 is 1.35 bits per heavy atom. The molecule has 9 heteroatoms. The molecular weight excluding hydrogens is 512 g/mol. The van der Waals surface area contributed by atoms with Crippen molar-refractivity contribution >= 4 is 22.8 Å². The summed E-state index contributed by atoms with van der Waals surface area (Å²) < 4.78 is 28.9. The first-order valence-corrected chi connectivity index (χ1v) is 13.7. The van der Waals surface area contributed by atoms with Crippen LogP contribution in [0.25, 0.3) is 16.7 Å². The first kappa shape index (κ1) is 26.1. The Bertz CT molecular complexity index is 1500. The van der Waals surface area contributed by atoms with Crippen molar-refractivity contribution in [3.63, 3.8) is 0 Å². The van der Waals surface area contributed by atoms with Crippen LogP contribution in [-0.4, -0.2) is 75.3 Å². The van der Waals surface area contributed by atoms with E-state index in [1.54, 1.807) is 17.0 Å². The van der Waals surface area contributed by atoms with Gasteiger partial charge in [0, 0.05) is 43.3 Å². The van der Waals surface area contributed by atoms with Crippen molar-refractivity contribution in [1.82, 2.24) is 24.3 Å². The second-order valence-corrected chi connectivity index (χ2v) is 10.5. The Morgan fingerprint density at radius 1 is 0.750 bits per heavy atom. The number of likely N-dealkylation sites (tertiary alicyclic amines) is 1. The molecule has 6 rings (SSSR count). The van der Waals surface area contributed by atoms with Crippen molar-refractivity contribution in [2.75, 3.05) is 39.3 Å². The summed E-state index contributed by atoms with van der Waals surface area (Å²) in [7, 11) is 0. The number of hydrogen-bond acceptors (Lipinski definition) is 4. The van der Waals surface area contributed by atoms with Crippen LogP contribution in [0.1, 0.15) is 29.0 Å². The number of carbonyl (C=O) groups is 2. The average molecular weight is 544 g/mol. The quantitative estimate of drug-likeness (QED) is 0.372. The number of hydrogen-bond donors (Lipinski definition) is 0. The number of aromatic nitrogens is 2. The molecule has 2 fully saturated rings. The zero-order chi connectivity index (χ0) is 27.6. The number of halogens is 2. The lowest BCUT2D eigenvalue weighted by molar-refractivity contribution is -0.138. The molecule has 3 heterocycles. The van der Waals surface area contributed by atoms with E-state index in [1.807, 2.05) is 29.2 Å². The van der Waals surface area contributed by atoms with Crippen molar-refractivity contribution in [3.05, 3.63) is 95.8 Å². The SMILES string of the molecule is O=C(c1ccc(F)cc1)N1CCN(C(=O)C2CCN(Cc3nc4ccccc4n3-c3ccc(F)cc3)CC2)CC1. The Kier molecular flexibility index (Phi) is 7.30. The fourth-order valence-electron chi connectivity index (χ4n) is 5.76. The van der Waals surface area contributed by atoms with Crippen LogP contribution in [0.4, 0.5) is 8.78 Å². The van der Waals surface area contributed by atoms with Crippen LogP contribution < -0.4 is 0 Å². The lowest BCUT2D eigenvalue weighted by Crippen LogP contribution is -2.53. The molecule has 4 aromatic rings. The second-order valence-electron chi connectivity index (χ2n) is 10.5. The summed E-state index contributed by atoms with van der Waals surface area (Å²) in [6, 6.07) is 20.0. The van der Waals surface area contributed by atoms with Crippen LogP contribution >= 0.6 is 0 Å². The normalized spacial score (nSPS) is 16.9. The fourth-order valence-corrected chi connectivity index (χ4v) is 5.76. The van der Waals surface area contributed by atoms with Gasteiger partial charge in [-0.2, -0.15) is 0 Å². The number of nitrogens with zero attached hydrogens (tertiary/aromatic N) is 5. The molecule has 0 atom stereocenters. The first-order valence-electron chi connectivity index (χ1n) is 13.7. The third-order valence-electron chi connectivity index (χ3n) is 7.99. The molecule has 2 saturated heterocycles. The van der Waals surface area contributed by atoms with E-state index in [-0.39, 0.29) is 29.4 Å². The van der Waals surface area contributed by atoms with Gasteiger partial charge in [0.2, 0.25) is 5.91 Å². The third-order valence-corrected chi connectivity index (χ3v) is 7.99. The lowest BCUT2D eigenvalue weighted by Gasteiger charge is -2.38. The molecule has 2 aliphatic rings. The maximum absolute atomic E-state index is 13.6. The highest BCUT2D eigenvalue weighted by Gasteiger charge is 2.32. The molecule has 3 aromatic carbocycles. The molecule has 2 aliphatic heterocycles. The minimum atomic E-state index is -0.371. The summed E-state index contributed by atoms with van der Waals surface area (Å²) in [5.41, 5.74) is 3.20. The van der Waals surface area contributed by atoms with Gasteiger partial charge in [0.1, 0.15) is 17.5 Å². The van der Waals surface area contributed by atoms with E-state index in [1.165, 1.54) is 36.4 Å². The van der Waals surface area contributed by atoms with E-state index in [0.29, 0.717) is 38.3 Å². The summed E-state index contributed by atoms with van der Waals surface area (Å²) in [6.07, 6.45) is 1.54. The molecule has 40 heavy (non-hydrogen) atoms. The molecule has 0 saturated carbocycles. The summed E-state index contributed by atoms with van der Waals surface area (Å²) in [4.78, 5) is 36.8. The highest BCUT2D eigenvalue weighted by atomic mass is 19.1. The number of carbonyl (C=O) groups excluding carboxylic acids is 2. The standard InChI is InChI=1S/C31H31F2N5O2/c32-24-7-5-22(6-8-24)30(39)36-17-19-37(20-18-36)31(40)23-13-15-35(16-14-23)21-29-34-27-3-1-2-4-28(27)38(29)26-11-9-25(33)10-12-26/h1-12,23H,13-21H2. The van der Waals surface area contributed by atoms with Crippen molar-refractivity contribution in [2.24, 2.45) is 5.92 Å². The van der Waals surface area contributed by atoms with Crippen LogP contribution in [0.5, 0.6) is 0 Å². The summed E-state index contributed by atoms with van der Waals surface area (Å²) in [5.74, 6) is 0.233. The van der Waals surface area contributed by atoms with Gasteiger partial charge in [-0.15, -0.1) is 0 Å². The Morgan fingerprint density at radius 3 is 2.02 bits per heavy atom. The predicted octanol–water partition coefficient (Wildman–Crippen LogP) is 4.50. The smallest absolute Gasteiger partial charge is 0.253 e. The summed E-state index contributed by atoms with van der Waals surface area (Å²) >= 11 is 0. The third kappa shape index (κ3) is 5.34. The van der Waals surface area contributed by atoms with E-state index >= 15 is 0 Å². The van der Waals surface area contributed by atoms with E-state index in [2.05, 4.69) is 9.47 Å². The summed E-state index contributed by atoms with van der Waals surface area (Å²) in [5, 5.41) is 0. The topological polar surface area (TPSA) is 61.7 Å². The highest BCUT2D eigenvalue weighted by Crippen LogP contribution is 2.26. The number of imidazole rings is 1. The van der Waals surface area contributed by atoms with Crippen LogP contribution in [0.2, 0.25) is 0 Å². The van der Waals surface area contributed by atoms with Crippen LogP contribution in [-0.2, 0) is 11.3 Å². The molecule has 0 N–H and O–H groups in total. The number of para-hydroxylation sites is 2. The van der Waals surface area contributed by atoms with E-state index in [9.17, 15) is 18.4 Å². The minimum absolute atomic E-state index is 0.0356. The van der Waals surface area contributed by atoms with Gasteiger partial charge in [0.05, 0.1) is 17.6 Å². The number of piperidine rings is 1. The number of piperazine rings is 1. The highest BCUT2D eigenvalue weighted by molar-refractivity contribution is 5.94. The number of fused-ring (bicyclic) bond motifs is 1. The van der Waals surface area contributed by atoms with Gasteiger partial charge >= 0.3 is 0 Å². The number of rotatable bonds is 5. The second kappa shape index (κ2) is 11.2. The van der Waals surface area contributed by atoms with Gasteiger partial charge in [-0.3, -0.25) is 19.1 Å². The zero-order valence-corrected chi connectivity index (χ0v) is 22.2. The molecule has 0 aliphatic carbocycles. The van der Waals surface area contributed by atoms with Crippen LogP contribution in [0.3, 0.4) is 0 Å². The van der Waals surface area contributed by atoms with Gasteiger partial charge < -0.3 is 9.80 Å². The van der Waals surface area contributed by atoms with Gasteiger partial charge in [0.25, 0.3) is 5.91 Å². The van der Waals surface area contributed by atoms with E-state index in [4.69, 9.17) is 4.98 Å². The molecule has 206 valence electrons. The van der Waals surface area contributed by atoms with E-state index in [0.717, 1.165) is 48.5 Å². The molecule has 7 nitrogen and oxygen atoms in total. The Balaban J connectivity index is 1.05. The summed E-state index contributed by atoms with van der Waals surface area (Å²) in [6.45, 7) is 4.16. The van der Waals surface area contributed by atoms with Crippen molar-refractivity contribution < 1.29 is 18.4 Å². The average Bonchev–Trinajstić information content (AvgIpc) is 3.35. The largest absolute Gasteiger partial charge is 0.339 e. The molecule has 0 bridgehead atoms. The van der Waals surface area contributed by atoms with Gasteiger partial charge in [-0.25, -0.2) is 13.8 Å². The fraction of sp³-hybridized carbons (Fsp3) is 0.323. The minimum Gasteiger partial charge on any atom is -0.339 e. The first-order chi connectivity index (χ1) is 19.5. The van der Waals surface area contributed by atoms with Gasteiger partial charge in [-0.05, 0) is 86.6 Å². The van der Waals surface area contributed by atoms with Gasteiger partial charge in [-0.1, -0.05) is 12.1 Å². The van der Waals surface area contributed by atoms with Crippen molar-refractivity contribution in [1.29, 1.82) is 0 Å². The maximum Gasteiger partial charge on any atom is 0.253 e. The predicted molar refractivity (Wildman–Crippen MR) is 148 cm³/mol. The van der Waals surface area contributed by atoms with Crippen molar-refractivity contribution in [2.45, 2.75) is 19.4 Å². The lowest BCUT2D eigenvalue weighted by atomic mass is 9.95. The molecule has 0 radical (unpaired) electrons. The Hall–Kier alpha value is -4.11. The molecule has 0 unspecified atom stereocenters. The number of amides is 2. The van der Waals surface area contributed by atoms with Crippen LogP contribution in [0, 0.1) is 17.6 Å². The molecular formula is C31H31F2N5O2. The maximum atomic E-state index is 13.6. The van der Waals surface area contributed by atoms with Crippen LogP contribution in [0.15, 0.2) is 72.8 Å². The molecule has 2 amide bonds. The number of benzene rings is 3. The zero-order valence-electron chi connectivity index (χ0n) is 22.2. The molecule has 1 aromatic heterocycles.